The Morgan fingerprint density at radius 3 is 2.57 bits per heavy atom. The number of amides is 1. The Morgan fingerprint density at radius 2 is 1.90 bits per heavy atom. The summed E-state index contributed by atoms with van der Waals surface area (Å²) in [5.41, 5.74) is 1.07. The van der Waals surface area contributed by atoms with Crippen molar-refractivity contribution in [1.82, 2.24) is 5.32 Å². The minimum atomic E-state index is -0.519. The van der Waals surface area contributed by atoms with Gasteiger partial charge in [0, 0.05) is 19.3 Å². The topological polar surface area (TPSA) is 67.9 Å². The zero-order valence-corrected chi connectivity index (χ0v) is 12.5. The number of alkyl carbamates (subject to hydrolysis) is 1. The highest BCUT2D eigenvalue weighted by atomic mass is 16.5. The van der Waals surface area contributed by atoms with E-state index in [1.807, 2.05) is 42.3 Å². The molecule has 0 aromatic heterocycles. The van der Waals surface area contributed by atoms with Crippen LogP contribution in [0.2, 0.25) is 0 Å². The minimum absolute atomic E-state index is 0.133. The molecule has 0 aliphatic heterocycles. The summed E-state index contributed by atoms with van der Waals surface area (Å²) in [4.78, 5) is 24.5. The number of benzene rings is 1. The average molecular weight is 294 g/mol. The lowest BCUT2D eigenvalue weighted by Crippen LogP contribution is -2.28. The maximum atomic E-state index is 11.5. The number of likely N-dealkylation sites (N-methyl/N-ethyl adjacent to an activating group) is 1. The quantitative estimate of drug-likeness (QED) is 0.741. The Labute approximate surface area is 125 Å². The third kappa shape index (κ3) is 7.20. The number of anilines is 1. The second-order valence-electron chi connectivity index (χ2n) is 4.37. The molecule has 0 aliphatic rings. The van der Waals surface area contributed by atoms with Crippen LogP contribution >= 0.6 is 0 Å². The molecule has 0 fully saturated rings. The number of hydrogen-bond acceptors (Lipinski definition) is 5. The molecule has 0 bridgehead atoms. The van der Waals surface area contributed by atoms with Gasteiger partial charge in [0.1, 0.15) is 6.61 Å². The number of hydrogen-bond donors (Lipinski definition) is 1. The zero-order chi connectivity index (χ0) is 15.5. The lowest BCUT2D eigenvalue weighted by Gasteiger charge is -2.18. The summed E-state index contributed by atoms with van der Waals surface area (Å²) >= 11 is 0. The maximum absolute atomic E-state index is 11.5. The molecule has 1 aromatic carbocycles. The number of nitrogens with zero attached hydrogens (tertiary/aromatic N) is 1. The van der Waals surface area contributed by atoms with Crippen LogP contribution in [0.5, 0.6) is 0 Å². The highest BCUT2D eigenvalue weighted by Gasteiger charge is 2.06. The molecule has 6 nitrogen and oxygen atoms in total. The van der Waals surface area contributed by atoms with Gasteiger partial charge < -0.3 is 19.7 Å². The molecule has 0 heterocycles. The molecular formula is C15H22N2O4. The van der Waals surface area contributed by atoms with Gasteiger partial charge in [-0.1, -0.05) is 18.2 Å². The van der Waals surface area contributed by atoms with Gasteiger partial charge in [-0.15, -0.1) is 0 Å². The van der Waals surface area contributed by atoms with Gasteiger partial charge in [-0.25, -0.2) is 4.79 Å². The number of carbonyl (C=O) groups is 2. The summed E-state index contributed by atoms with van der Waals surface area (Å²) in [6.07, 6.45) is -0.387. The first-order valence-corrected chi connectivity index (χ1v) is 6.96. The predicted molar refractivity (Wildman–Crippen MR) is 80.3 cm³/mol. The van der Waals surface area contributed by atoms with Crippen molar-refractivity contribution in [2.45, 2.75) is 13.3 Å². The number of ether oxygens (including phenoxy) is 2. The minimum Gasteiger partial charge on any atom is -0.464 e. The van der Waals surface area contributed by atoms with Crippen LogP contribution in [-0.2, 0) is 14.3 Å². The molecule has 0 atom stereocenters. The average Bonchev–Trinajstić information content (AvgIpc) is 2.48. The van der Waals surface area contributed by atoms with E-state index in [4.69, 9.17) is 4.74 Å². The first-order valence-electron chi connectivity index (χ1n) is 6.96. The third-order valence-electron chi connectivity index (χ3n) is 2.76. The van der Waals surface area contributed by atoms with Crippen molar-refractivity contribution >= 4 is 17.7 Å². The molecule has 0 aliphatic carbocycles. The van der Waals surface area contributed by atoms with Gasteiger partial charge in [-0.2, -0.15) is 0 Å². The van der Waals surface area contributed by atoms with Gasteiger partial charge in [0.05, 0.1) is 19.6 Å². The fourth-order valence-electron chi connectivity index (χ4n) is 1.63. The molecule has 1 amide bonds. The van der Waals surface area contributed by atoms with Gasteiger partial charge in [0.25, 0.3) is 0 Å². The summed E-state index contributed by atoms with van der Waals surface area (Å²) in [5, 5.41) is 2.47. The lowest BCUT2D eigenvalue weighted by molar-refractivity contribution is -0.143. The van der Waals surface area contributed by atoms with Crippen molar-refractivity contribution < 1.29 is 19.1 Å². The van der Waals surface area contributed by atoms with Crippen molar-refractivity contribution in [3.63, 3.8) is 0 Å². The molecule has 0 saturated heterocycles. The molecule has 0 radical (unpaired) electrons. The van der Waals surface area contributed by atoms with Gasteiger partial charge >= 0.3 is 12.1 Å². The summed E-state index contributed by atoms with van der Waals surface area (Å²) in [7, 11) is 1.94. The van der Waals surface area contributed by atoms with Crippen LogP contribution in [0.25, 0.3) is 0 Å². The third-order valence-corrected chi connectivity index (χ3v) is 2.76. The van der Waals surface area contributed by atoms with Gasteiger partial charge in [-0.3, -0.25) is 4.79 Å². The van der Waals surface area contributed by atoms with Gasteiger partial charge in [0.2, 0.25) is 0 Å². The Kier molecular flexibility index (Phi) is 7.71. The fraction of sp³-hybridized carbons (Fsp3) is 0.467. The number of rotatable bonds is 8. The van der Waals surface area contributed by atoms with Gasteiger partial charge in [-0.05, 0) is 19.1 Å². The largest absolute Gasteiger partial charge is 0.464 e. The van der Waals surface area contributed by atoms with E-state index in [0.29, 0.717) is 19.8 Å². The Balaban J connectivity index is 2.12. The normalized spacial score (nSPS) is 9.81. The van der Waals surface area contributed by atoms with E-state index in [0.717, 1.165) is 5.69 Å². The Morgan fingerprint density at radius 1 is 1.19 bits per heavy atom. The van der Waals surface area contributed by atoms with Crippen molar-refractivity contribution in [1.29, 1.82) is 0 Å². The second-order valence-corrected chi connectivity index (χ2v) is 4.37. The number of nitrogens with one attached hydrogen (secondary N) is 1. The van der Waals surface area contributed by atoms with E-state index in [1.165, 1.54) is 0 Å². The zero-order valence-electron chi connectivity index (χ0n) is 12.5. The molecule has 1 aromatic rings. The molecule has 0 unspecified atom stereocenters. The standard InChI is InChI=1S/C15H22N2O4/c1-3-20-15(19)16-10-9-14(18)21-12-11-17(2)13-7-5-4-6-8-13/h4-8H,3,9-12H2,1-2H3,(H,16,19). The van der Waals surface area contributed by atoms with Crippen molar-refractivity contribution in [2.24, 2.45) is 0 Å². The summed E-state index contributed by atoms with van der Waals surface area (Å²) in [6, 6.07) is 9.85. The van der Waals surface area contributed by atoms with Crippen LogP contribution in [0.3, 0.4) is 0 Å². The van der Waals surface area contributed by atoms with Crippen LogP contribution in [-0.4, -0.2) is 45.4 Å². The maximum Gasteiger partial charge on any atom is 0.407 e. The molecule has 6 heteroatoms. The lowest BCUT2D eigenvalue weighted by atomic mass is 10.3. The molecule has 0 spiro atoms. The Hall–Kier alpha value is -2.24. The summed E-state index contributed by atoms with van der Waals surface area (Å²) in [5.74, 6) is -0.340. The van der Waals surface area contributed by atoms with E-state index in [2.05, 4.69) is 10.1 Å². The fourth-order valence-corrected chi connectivity index (χ4v) is 1.63. The van der Waals surface area contributed by atoms with E-state index in [-0.39, 0.29) is 18.9 Å². The van der Waals surface area contributed by atoms with Crippen LogP contribution in [0.15, 0.2) is 30.3 Å². The van der Waals surface area contributed by atoms with Crippen molar-refractivity contribution in [3.05, 3.63) is 30.3 Å². The second kappa shape index (κ2) is 9.63. The molecule has 0 saturated carbocycles. The van der Waals surface area contributed by atoms with Crippen LogP contribution in [0, 0.1) is 0 Å². The summed E-state index contributed by atoms with van der Waals surface area (Å²) in [6.45, 7) is 3.16. The highest BCUT2D eigenvalue weighted by Crippen LogP contribution is 2.10. The van der Waals surface area contributed by atoms with E-state index in [1.54, 1.807) is 6.92 Å². The molecular weight excluding hydrogens is 272 g/mol. The van der Waals surface area contributed by atoms with Crippen molar-refractivity contribution in [2.75, 3.05) is 38.3 Å². The summed E-state index contributed by atoms with van der Waals surface area (Å²) < 4.78 is 9.78. The van der Waals surface area contributed by atoms with Crippen LogP contribution in [0.1, 0.15) is 13.3 Å². The van der Waals surface area contributed by atoms with Crippen LogP contribution in [0.4, 0.5) is 10.5 Å². The van der Waals surface area contributed by atoms with E-state index < -0.39 is 6.09 Å². The molecule has 1 N–H and O–H groups in total. The molecule has 1 rings (SSSR count). The van der Waals surface area contributed by atoms with E-state index in [9.17, 15) is 9.59 Å². The first-order chi connectivity index (χ1) is 10.1. The van der Waals surface area contributed by atoms with E-state index >= 15 is 0 Å². The number of carbonyl (C=O) groups excluding carboxylic acids is 2. The Bertz CT molecular complexity index is 437. The molecule has 21 heavy (non-hydrogen) atoms. The number of para-hydroxylation sites is 1. The predicted octanol–water partition coefficient (Wildman–Crippen LogP) is 1.80. The monoisotopic (exact) mass is 294 g/mol. The van der Waals surface area contributed by atoms with Gasteiger partial charge in [0.15, 0.2) is 0 Å². The first kappa shape index (κ1) is 16.8. The van der Waals surface area contributed by atoms with Crippen molar-refractivity contribution in [3.8, 4) is 0 Å². The highest BCUT2D eigenvalue weighted by molar-refractivity contribution is 5.71. The van der Waals surface area contributed by atoms with Crippen LogP contribution < -0.4 is 10.2 Å². The SMILES string of the molecule is CCOC(=O)NCCC(=O)OCCN(C)c1ccccc1. The smallest absolute Gasteiger partial charge is 0.407 e. The number of esters is 1. The molecule has 116 valence electrons.